The third-order valence-electron chi connectivity index (χ3n) is 4.03. The lowest BCUT2D eigenvalue weighted by Crippen LogP contribution is -2.08. The second-order valence-electron chi connectivity index (χ2n) is 6.34. The molecule has 8 heteroatoms. The highest BCUT2D eigenvalue weighted by Crippen LogP contribution is 2.34. The van der Waals surface area contributed by atoms with Crippen molar-refractivity contribution in [3.8, 4) is 28.5 Å². The fourth-order valence-electron chi connectivity index (χ4n) is 2.89. The highest BCUT2D eigenvalue weighted by Gasteiger charge is 2.21. The van der Waals surface area contributed by atoms with Gasteiger partial charge in [-0.2, -0.15) is 0 Å². The summed E-state index contributed by atoms with van der Waals surface area (Å²) in [5.41, 5.74) is 3.52. The number of imidazole rings is 1. The van der Waals surface area contributed by atoms with Gasteiger partial charge in [0.25, 0.3) is 5.88 Å². The monoisotopic (exact) mass is 395 g/mol. The third-order valence-corrected chi connectivity index (χ3v) is 4.60. The summed E-state index contributed by atoms with van der Waals surface area (Å²) in [7, 11) is 0. The van der Waals surface area contributed by atoms with E-state index in [0.29, 0.717) is 28.1 Å². The summed E-state index contributed by atoms with van der Waals surface area (Å²) < 4.78 is 21.2. The number of halogens is 1. The summed E-state index contributed by atoms with van der Waals surface area (Å²) in [6.07, 6.45) is 7.08. The highest BCUT2D eigenvalue weighted by atomic mass is 32.2. The van der Waals surface area contributed by atoms with E-state index < -0.39 is 0 Å². The molecule has 0 unspecified atom stereocenters. The molecule has 0 radical (unpaired) electrons. The molecule has 0 spiro atoms. The molecule has 142 valence electrons. The lowest BCUT2D eigenvalue weighted by molar-refractivity contribution is 0.234. The molecule has 1 aromatic carbocycles. The molecule has 0 N–H and O–H groups in total. The summed E-state index contributed by atoms with van der Waals surface area (Å²) in [5.74, 6) is 0.137. The molecule has 3 heterocycles. The van der Waals surface area contributed by atoms with Crippen molar-refractivity contribution in [2.24, 2.45) is 0 Å². The van der Waals surface area contributed by atoms with Crippen LogP contribution < -0.4 is 4.74 Å². The Hall–Kier alpha value is -3.00. The van der Waals surface area contributed by atoms with E-state index in [1.807, 2.05) is 36.8 Å². The number of ether oxygens (including phenoxy) is 1. The molecule has 4 rings (SSSR count). The number of rotatable bonds is 5. The molecule has 4 aromatic rings. The van der Waals surface area contributed by atoms with Gasteiger partial charge in [-0.15, -0.1) is 0 Å². The zero-order valence-corrected chi connectivity index (χ0v) is 16.4. The molecule has 0 fully saturated rings. The van der Waals surface area contributed by atoms with Gasteiger partial charge in [0, 0.05) is 24.2 Å². The third kappa shape index (κ3) is 3.43. The Morgan fingerprint density at radius 3 is 2.54 bits per heavy atom. The van der Waals surface area contributed by atoms with Crippen LogP contribution in [0.5, 0.6) is 5.88 Å². The minimum Gasteiger partial charge on any atom is -0.472 e. The first-order valence-electron chi connectivity index (χ1n) is 8.74. The Kier molecular flexibility index (Phi) is 4.95. The van der Waals surface area contributed by atoms with Crippen LogP contribution in [0.3, 0.4) is 0 Å². The molecule has 0 bridgehead atoms. The number of benzene rings is 1. The number of hydrogen-bond donors (Lipinski definition) is 0. The lowest BCUT2D eigenvalue weighted by Gasteiger charge is -2.09. The summed E-state index contributed by atoms with van der Waals surface area (Å²) in [4.78, 5) is 18.0. The fraction of sp³-hybridized carbons (Fsp3) is 0.200. The lowest BCUT2D eigenvalue weighted by atomic mass is 10.1. The molecule has 0 amide bonds. The van der Waals surface area contributed by atoms with Gasteiger partial charge in [-0.25, -0.2) is 24.3 Å². The van der Waals surface area contributed by atoms with E-state index in [4.69, 9.17) is 9.72 Å². The first-order valence-corrected chi connectivity index (χ1v) is 9.96. The zero-order chi connectivity index (χ0) is 19.7. The van der Waals surface area contributed by atoms with Gasteiger partial charge in [-0.05, 0) is 50.4 Å². The predicted octanol–water partition coefficient (Wildman–Crippen LogP) is 4.50. The number of fused-ring (bicyclic) bond motifs is 1. The van der Waals surface area contributed by atoms with Gasteiger partial charge in [0.1, 0.15) is 5.82 Å². The molecule has 0 saturated heterocycles. The summed E-state index contributed by atoms with van der Waals surface area (Å²) >= 11 is 1.46. The van der Waals surface area contributed by atoms with Crippen molar-refractivity contribution in [1.82, 2.24) is 24.3 Å². The molecule has 0 aliphatic rings. The van der Waals surface area contributed by atoms with Gasteiger partial charge in [-0.1, -0.05) is 11.8 Å². The Labute approximate surface area is 165 Å². The van der Waals surface area contributed by atoms with Crippen LogP contribution in [-0.4, -0.2) is 36.7 Å². The van der Waals surface area contributed by atoms with Crippen LogP contribution in [0.1, 0.15) is 13.8 Å². The maximum atomic E-state index is 13.5. The van der Waals surface area contributed by atoms with Crippen molar-refractivity contribution in [2.45, 2.75) is 25.1 Å². The fourth-order valence-corrected chi connectivity index (χ4v) is 3.24. The second kappa shape index (κ2) is 7.55. The van der Waals surface area contributed by atoms with Crippen LogP contribution in [0.25, 0.3) is 28.3 Å². The molecular formula is C20H18FN5OS. The molecule has 0 saturated carbocycles. The first-order chi connectivity index (χ1) is 13.6. The molecule has 3 aromatic heterocycles. The molecule has 6 nitrogen and oxygen atoms in total. The van der Waals surface area contributed by atoms with Gasteiger partial charge in [-0.3, -0.25) is 4.40 Å². The van der Waals surface area contributed by atoms with E-state index in [0.717, 1.165) is 11.3 Å². The minimum absolute atomic E-state index is 0.0461. The van der Waals surface area contributed by atoms with Crippen LogP contribution in [-0.2, 0) is 0 Å². The molecular weight excluding hydrogens is 377 g/mol. The summed E-state index contributed by atoms with van der Waals surface area (Å²) in [5, 5.41) is 0.658. The average Bonchev–Trinajstić information content (AvgIpc) is 3.09. The first kappa shape index (κ1) is 18.4. The number of nitrogens with zero attached hydrogens (tertiary/aromatic N) is 5. The average molecular weight is 395 g/mol. The van der Waals surface area contributed by atoms with E-state index in [1.54, 1.807) is 24.5 Å². The van der Waals surface area contributed by atoms with E-state index >= 15 is 0 Å². The van der Waals surface area contributed by atoms with E-state index in [1.165, 1.54) is 23.9 Å². The molecule has 0 atom stereocenters. The highest BCUT2D eigenvalue weighted by molar-refractivity contribution is 7.98. The smallest absolute Gasteiger partial charge is 0.258 e. The van der Waals surface area contributed by atoms with E-state index in [9.17, 15) is 4.39 Å². The van der Waals surface area contributed by atoms with Crippen LogP contribution in [0.4, 0.5) is 4.39 Å². The van der Waals surface area contributed by atoms with Crippen molar-refractivity contribution < 1.29 is 9.13 Å². The zero-order valence-electron chi connectivity index (χ0n) is 15.6. The van der Waals surface area contributed by atoms with Crippen molar-refractivity contribution >= 4 is 17.4 Å². The van der Waals surface area contributed by atoms with Gasteiger partial charge >= 0.3 is 0 Å². The number of hydrogen-bond acceptors (Lipinski definition) is 6. The minimum atomic E-state index is -0.300. The van der Waals surface area contributed by atoms with Crippen molar-refractivity contribution in [3.63, 3.8) is 0 Å². The summed E-state index contributed by atoms with van der Waals surface area (Å²) in [6.45, 7) is 3.87. The van der Waals surface area contributed by atoms with E-state index in [-0.39, 0.29) is 11.9 Å². The Balaban J connectivity index is 2.01. The quantitative estimate of drug-likeness (QED) is 0.366. The predicted molar refractivity (Wildman–Crippen MR) is 107 cm³/mol. The molecule has 28 heavy (non-hydrogen) atoms. The largest absolute Gasteiger partial charge is 0.472 e. The maximum absolute atomic E-state index is 13.5. The van der Waals surface area contributed by atoms with Gasteiger partial charge in [0.2, 0.25) is 5.65 Å². The molecule has 0 aliphatic carbocycles. The number of aromatic nitrogens is 5. The number of thioether (sulfide) groups is 1. The van der Waals surface area contributed by atoms with Crippen LogP contribution in [0.15, 0.2) is 54.1 Å². The van der Waals surface area contributed by atoms with E-state index in [2.05, 4.69) is 15.0 Å². The van der Waals surface area contributed by atoms with Crippen molar-refractivity contribution in [3.05, 3.63) is 54.7 Å². The maximum Gasteiger partial charge on any atom is 0.258 e. The van der Waals surface area contributed by atoms with Gasteiger partial charge < -0.3 is 4.74 Å². The SMILES string of the molecule is CSc1nccc(-c2c(-c3ccc(F)cc3)nc3c(OC(C)C)nccn23)n1. The Bertz CT molecular complexity index is 1130. The molecule has 0 aliphatic heterocycles. The standard InChI is InChI=1S/C20H18FN5OS/c1-12(2)27-19-18-25-16(13-4-6-14(21)7-5-13)17(26(18)11-10-22-19)15-8-9-23-20(24-15)28-3/h4-12H,1-3H3. The second-order valence-corrected chi connectivity index (χ2v) is 7.11. The Morgan fingerprint density at radius 1 is 1.04 bits per heavy atom. The van der Waals surface area contributed by atoms with Crippen molar-refractivity contribution in [1.29, 1.82) is 0 Å². The van der Waals surface area contributed by atoms with Gasteiger partial charge in [0.05, 0.1) is 23.2 Å². The summed E-state index contributed by atoms with van der Waals surface area (Å²) in [6, 6.07) is 8.07. The normalized spacial score (nSPS) is 11.3. The van der Waals surface area contributed by atoms with Crippen LogP contribution >= 0.6 is 11.8 Å². The van der Waals surface area contributed by atoms with Gasteiger partial charge in [0.15, 0.2) is 5.16 Å². The van der Waals surface area contributed by atoms with Crippen LogP contribution in [0.2, 0.25) is 0 Å². The topological polar surface area (TPSA) is 65.2 Å². The van der Waals surface area contributed by atoms with Crippen LogP contribution in [0, 0.1) is 5.82 Å². The Morgan fingerprint density at radius 2 is 1.82 bits per heavy atom. The van der Waals surface area contributed by atoms with Crippen molar-refractivity contribution in [2.75, 3.05) is 6.26 Å².